The summed E-state index contributed by atoms with van der Waals surface area (Å²) in [4.78, 5) is 16.7. The SMILES string of the molecule is CC(C)CN(CCN(C)C)C(=O)C(C)C1CNC1.Cl. The molecule has 114 valence electrons. The summed E-state index contributed by atoms with van der Waals surface area (Å²) in [5.74, 6) is 1.55. The van der Waals surface area contributed by atoms with Gasteiger partial charge in [-0.2, -0.15) is 0 Å². The smallest absolute Gasteiger partial charge is 0.225 e. The van der Waals surface area contributed by atoms with Crippen molar-refractivity contribution >= 4 is 18.3 Å². The van der Waals surface area contributed by atoms with Crippen LogP contribution in [0, 0.1) is 17.8 Å². The van der Waals surface area contributed by atoms with Gasteiger partial charge in [0.2, 0.25) is 5.91 Å². The van der Waals surface area contributed by atoms with Crippen LogP contribution < -0.4 is 5.32 Å². The number of halogens is 1. The maximum atomic E-state index is 12.5. The fourth-order valence-electron chi connectivity index (χ4n) is 2.21. The van der Waals surface area contributed by atoms with E-state index >= 15 is 0 Å². The first-order valence-corrected chi connectivity index (χ1v) is 7.06. The van der Waals surface area contributed by atoms with Crippen LogP contribution in [-0.2, 0) is 4.79 Å². The standard InChI is InChI=1S/C14H29N3O.ClH/c1-11(2)10-17(7-6-16(4)5)14(18)12(3)13-8-15-9-13;/h11-13,15H,6-10H2,1-5H3;1H. The van der Waals surface area contributed by atoms with Gasteiger partial charge in [0.05, 0.1) is 0 Å². The number of rotatable bonds is 7. The van der Waals surface area contributed by atoms with Gasteiger partial charge < -0.3 is 15.1 Å². The molecule has 4 nitrogen and oxygen atoms in total. The summed E-state index contributed by atoms with van der Waals surface area (Å²) < 4.78 is 0. The number of carbonyl (C=O) groups excluding carboxylic acids is 1. The van der Waals surface area contributed by atoms with Gasteiger partial charge in [-0.3, -0.25) is 4.79 Å². The highest BCUT2D eigenvalue weighted by Crippen LogP contribution is 2.19. The van der Waals surface area contributed by atoms with Gasteiger partial charge in [0.25, 0.3) is 0 Å². The largest absolute Gasteiger partial charge is 0.341 e. The Morgan fingerprint density at radius 1 is 1.21 bits per heavy atom. The first kappa shape index (κ1) is 18.7. The lowest BCUT2D eigenvalue weighted by Crippen LogP contribution is -2.51. The Kier molecular flexibility index (Phi) is 8.62. The van der Waals surface area contributed by atoms with Crippen molar-refractivity contribution in [3.8, 4) is 0 Å². The number of carbonyl (C=O) groups is 1. The molecule has 1 heterocycles. The van der Waals surface area contributed by atoms with Crippen molar-refractivity contribution in [2.24, 2.45) is 17.8 Å². The Hall–Kier alpha value is -0.320. The van der Waals surface area contributed by atoms with Crippen molar-refractivity contribution in [3.05, 3.63) is 0 Å². The molecule has 1 atom stereocenters. The molecule has 1 N–H and O–H groups in total. The molecule has 0 aromatic heterocycles. The summed E-state index contributed by atoms with van der Waals surface area (Å²) >= 11 is 0. The van der Waals surface area contributed by atoms with E-state index < -0.39 is 0 Å². The van der Waals surface area contributed by atoms with E-state index in [0.717, 1.165) is 32.7 Å². The molecule has 1 rings (SSSR count). The third kappa shape index (κ3) is 6.11. The molecular formula is C14H30ClN3O. The Labute approximate surface area is 124 Å². The second kappa shape index (κ2) is 8.77. The van der Waals surface area contributed by atoms with Crippen LogP contribution in [0.5, 0.6) is 0 Å². The highest BCUT2D eigenvalue weighted by Gasteiger charge is 2.31. The Morgan fingerprint density at radius 3 is 2.16 bits per heavy atom. The summed E-state index contributed by atoms with van der Waals surface area (Å²) in [6.07, 6.45) is 0. The van der Waals surface area contributed by atoms with Gasteiger partial charge in [0.15, 0.2) is 0 Å². The molecule has 1 aliphatic heterocycles. The van der Waals surface area contributed by atoms with Crippen molar-refractivity contribution in [2.45, 2.75) is 20.8 Å². The minimum Gasteiger partial charge on any atom is -0.341 e. The molecule has 0 saturated carbocycles. The minimum atomic E-state index is 0. The van der Waals surface area contributed by atoms with E-state index in [1.807, 2.05) is 4.90 Å². The molecule has 0 aliphatic carbocycles. The van der Waals surface area contributed by atoms with Gasteiger partial charge in [-0.1, -0.05) is 20.8 Å². The number of nitrogens with one attached hydrogen (secondary N) is 1. The second-order valence-electron chi connectivity index (χ2n) is 6.19. The molecule has 1 unspecified atom stereocenters. The average Bonchev–Trinajstić information content (AvgIpc) is 2.19. The molecule has 0 bridgehead atoms. The van der Waals surface area contributed by atoms with Gasteiger partial charge in [-0.05, 0) is 39.0 Å². The zero-order valence-electron chi connectivity index (χ0n) is 13.0. The number of likely N-dealkylation sites (N-methyl/N-ethyl adjacent to an activating group) is 1. The van der Waals surface area contributed by atoms with E-state index in [-0.39, 0.29) is 18.3 Å². The zero-order chi connectivity index (χ0) is 13.7. The number of amides is 1. The lowest BCUT2D eigenvalue weighted by atomic mass is 9.87. The molecule has 0 aromatic rings. The van der Waals surface area contributed by atoms with Crippen LogP contribution in [0.1, 0.15) is 20.8 Å². The van der Waals surface area contributed by atoms with Crippen molar-refractivity contribution in [1.82, 2.24) is 15.1 Å². The lowest BCUT2D eigenvalue weighted by Gasteiger charge is -2.36. The minimum absolute atomic E-state index is 0. The molecule has 1 amide bonds. The van der Waals surface area contributed by atoms with E-state index in [0.29, 0.717) is 17.7 Å². The van der Waals surface area contributed by atoms with E-state index in [1.54, 1.807) is 0 Å². The second-order valence-corrected chi connectivity index (χ2v) is 6.19. The number of hydrogen-bond donors (Lipinski definition) is 1. The predicted octanol–water partition coefficient (Wildman–Crippen LogP) is 1.31. The molecule has 1 saturated heterocycles. The molecule has 19 heavy (non-hydrogen) atoms. The lowest BCUT2D eigenvalue weighted by molar-refractivity contribution is -0.138. The average molecular weight is 292 g/mol. The summed E-state index contributed by atoms with van der Waals surface area (Å²) in [6.45, 7) is 11.1. The predicted molar refractivity (Wildman–Crippen MR) is 82.7 cm³/mol. The fraction of sp³-hybridized carbons (Fsp3) is 0.929. The van der Waals surface area contributed by atoms with Gasteiger partial charge in [-0.15, -0.1) is 12.4 Å². The van der Waals surface area contributed by atoms with Crippen molar-refractivity contribution in [3.63, 3.8) is 0 Å². The summed E-state index contributed by atoms with van der Waals surface area (Å²) in [6, 6.07) is 0. The maximum Gasteiger partial charge on any atom is 0.225 e. The van der Waals surface area contributed by atoms with Gasteiger partial charge in [0.1, 0.15) is 0 Å². The van der Waals surface area contributed by atoms with E-state index in [4.69, 9.17) is 0 Å². The van der Waals surface area contributed by atoms with Crippen molar-refractivity contribution < 1.29 is 4.79 Å². The quantitative estimate of drug-likeness (QED) is 0.768. The van der Waals surface area contributed by atoms with Gasteiger partial charge >= 0.3 is 0 Å². The zero-order valence-corrected chi connectivity index (χ0v) is 13.8. The van der Waals surface area contributed by atoms with Crippen LogP contribution in [0.2, 0.25) is 0 Å². The third-order valence-corrected chi connectivity index (χ3v) is 3.62. The van der Waals surface area contributed by atoms with E-state index in [1.165, 1.54) is 0 Å². The van der Waals surface area contributed by atoms with E-state index in [2.05, 4.69) is 45.1 Å². The highest BCUT2D eigenvalue weighted by atomic mass is 35.5. The first-order valence-electron chi connectivity index (χ1n) is 7.06. The highest BCUT2D eigenvalue weighted by molar-refractivity contribution is 5.85. The molecule has 1 aliphatic rings. The number of hydrogen-bond acceptors (Lipinski definition) is 3. The normalized spacial score (nSPS) is 17.0. The van der Waals surface area contributed by atoms with Crippen LogP contribution in [-0.4, -0.2) is 62.5 Å². The maximum absolute atomic E-state index is 12.5. The van der Waals surface area contributed by atoms with Crippen LogP contribution in [0.25, 0.3) is 0 Å². The number of nitrogens with zero attached hydrogens (tertiary/aromatic N) is 2. The summed E-state index contributed by atoms with van der Waals surface area (Å²) in [5.41, 5.74) is 0. The topological polar surface area (TPSA) is 35.6 Å². The fourth-order valence-corrected chi connectivity index (χ4v) is 2.21. The Bertz CT molecular complexity index is 267. The van der Waals surface area contributed by atoms with Gasteiger partial charge in [0, 0.05) is 25.6 Å². The monoisotopic (exact) mass is 291 g/mol. The van der Waals surface area contributed by atoms with E-state index in [9.17, 15) is 4.79 Å². The van der Waals surface area contributed by atoms with Crippen molar-refractivity contribution in [2.75, 3.05) is 46.8 Å². The molecule has 0 spiro atoms. The molecule has 0 aromatic carbocycles. The Morgan fingerprint density at radius 2 is 1.79 bits per heavy atom. The van der Waals surface area contributed by atoms with Gasteiger partial charge in [-0.25, -0.2) is 0 Å². The molecule has 0 radical (unpaired) electrons. The molecular weight excluding hydrogens is 262 g/mol. The molecule has 5 heteroatoms. The molecule has 1 fully saturated rings. The first-order chi connectivity index (χ1) is 8.41. The van der Waals surface area contributed by atoms with Crippen molar-refractivity contribution in [1.29, 1.82) is 0 Å². The Balaban J connectivity index is 0.00000324. The summed E-state index contributed by atoms with van der Waals surface area (Å²) in [5, 5.41) is 3.25. The van der Waals surface area contributed by atoms with Crippen LogP contribution >= 0.6 is 12.4 Å². The van der Waals surface area contributed by atoms with Crippen LogP contribution in [0.15, 0.2) is 0 Å². The summed E-state index contributed by atoms with van der Waals surface area (Å²) in [7, 11) is 4.11. The van der Waals surface area contributed by atoms with Crippen LogP contribution in [0.3, 0.4) is 0 Å². The van der Waals surface area contributed by atoms with Crippen LogP contribution in [0.4, 0.5) is 0 Å². The third-order valence-electron chi connectivity index (χ3n) is 3.62.